The van der Waals surface area contributed by atoms with Crippen LogP contribution >= 0.6 is 11.6 Å². The lowest BCUT2D eigenvalue weighted by atomic mass is 10.2. The van der Waals surface area contributed by atoms with Crippen molar-refractivity contribution >= 4 is 35.0 Å². The van der Waals surface area contributed by atoms with Gasteiger partial charge in [-0.05, 0) is 36.4 Å². The van der Waals surface area contributed by atoms with E-state index in [0.717, 1.165) is 0 Å². The predicted molar refractivity (Wildman–Crippen MR) is 77.5 cm³/mol. The van der Waals surface area contributed by atoms with Crippen molar-refractivity contribution in [2.45, 2.75) is 0 Å². The van der Waals surface area contributed by atoms with Crippen LogP contribution in [0.25, 0.3) is 0 Å². The number of aromatic carboxylic acids is 1. The zero-order valence-corrected chi connectivity index (χ0v) is 11.0. The van der Waals surface area contributed by atoms with Crippen molar-refractivity contribution in [3.05, 3.63) is 59.1 Å². The molecule has 0 aromatic heterocycles. The number of nitrogens with one attached hydrogen (secondary N) is 2. The molecule has 5 nitrogen and oxygen atoms in total. The van der Waals surface area contributed by atoms with Crippen molar-refractivity contribution in [3.8, 4) is 0 Å². The monoisotopic (exact) mass is 290 g/mol. The minimum Gasteiger partial charge on any atom is -0.478 e. The molecule has 2 amide bonds. The third-order valence-corrected chi connectivity index (χ3v) is 2.84. The Labute approximate surface area is 120 Å². The van der Waals surface area contributed by atoms with Crippen LogP contribution in [0.5, 0.6) is 0 Å². The Balaban J connectivity index is 2.01. The number of halogens is 1. The van der Waals surface area contributed by atoms with Crippen LogP contribution < -0.4 is 10.6 Å². The average molecular weight is 291 g/mol. The maximum atomic E-state index is 11.8. The molecule has 6 heteroatoms. The van der Waals surface area contributed by atoms with Gasteiger partial charge in [0.25, 0.3) is 0 Å². The molecule has 0 unspecified atom stereocenters. The first-order valence-electron chi connectivity index (χ1n) is 5.72. The summed E-state index contributed by atoms with van der Waals surface area (Å²) in [5.41, 5.74) is 1.13. The maximum Gasteiger partial charge on any atom is 0.335 e. The van der Waals surface area contributed by atoms with Crippen molar-refractivity contribution in [2.24, 2.45) is 0 Å². The van der Waals surface area contributed by atoms with Crippen molar-refractivity contribution in [1.29, 1.82) is 0 Å². The zero-order chi connectivity index (χ0) is 14.5. The molecule has 0 aliphatic carbocycles. The molecule has 20 heavy (non-hydrogen) atoms. The van der Waals surface area contributed by atoms with Gasteiger partial charge in [0.1, 0.15) is 0 Å². The van der Waals surface area contributed by atoms with Gasteiger partial charge in [-0.2, -0.15) is 0 Å². The number of benzene rings is 2. The summed E-state index contributed by atoms with van der Waals surface area (Å²) in [4.78, 5) is 22.5. The third-order valence-electron chi connectivity index (χ3n) is 2.51. The second kappa shape index (κ2) is 6.08. The highest BCUT2D eigenvalue weighted by molar-refractivity contribution is 6.33. The maximum absolute atomic E-state index is 11.8. The van der Waals surface area contributed by atoms with Crippen LogP contribution in [0, 0.1) is 0 Å². The molecular weight excluding hydrogens is 280 g/mol. The Morgan fingerprint density at radius 1 is 0.950 bits per heavy atom. The lowest BCUT2D eigenvalue weighted by Crippen LogP contribution is -2.19. The number of urea groups is 1. The van der Waals surface area contributed by atoms with E-state index >= 15 is 0 Å². The van der Waals surface area contributed by atoms with E-state index in [4.69, 9.17) is 16.7 Å². The molecule has 102 valence electrons. The number of carboxylic acids is 1. The number of hydrogen-bond donors (Lipinski definition) is 3. The fourth-order valence-corrected chi connectivity index (χ4v) is 1.73. The van der Waals surface area contributed by atoms with Crippen LogP contribution in [0.4, 0.5) is 16.2 Å². The first kappa shape index (κ1) is 13.9. The molecule has 0 saturated heterocycles. The molecule has 2 rings (SSSR count). The number of para-hydroxylation sites is 1. The lowest BCUT2D eigenvalue weighted by Gasteiger charge is -2.09. The van der Waals surface area contributed by atoms with E-state index in [1.54, 1.807) is 24.3 Å². The van der Waals surface area contributed by atoms with Gasteiger partial charge in [0.05, 0.1) is 16.3 Å². The van der Waals surface area contributed by atoms with Gasteiger partial charge in [0.15, 0.2) is 0 Å². The summed E-state index contributed by atoms with van der Waals surface area (Å²) >= 11 is 5.92. The molecular formula is C14H11ClN2O3. The number of carbonyl (C=O) groups is 2. The van der Waals surface area contributed by atoms with Gasteiger partial charge < -0.3 is 15.7 Å². The van der Waals surface area contributed by atoms with E-state index in [1.165, 1.54) is 24.3 Å². The Hall–Kier alpha value is -2.53. The minimum atomic E-state index is -1.02. The van der Waals surface area contributed by atoms with E-state index < -0.39 is 12.0 Å². The lowest BCUT2D eigenvalue weighted by molar-refractivity contribution is 0.0697. The van der Waals surface area contributed by atoms with Gasteiger partial charge in [0.2, 0.25) is 0 Å². The summed E-state index contributed by atoms with van der Waals surface area (Å²) in [5.74, 6) is -1.02. The normalized spacial score (nSPS) is 9.85. The van der Waals surface area contributed by atoms with Crippen LogP contribution in [0.15, 0.2) is 48.5 Å². The van der Waals surface area contributed by atoms with Crippen LogP contribution in [0.1, 0.15) is 10.4 Å². The van der Waals surface area contributed by atoms with E-state index in [2.05, 4.69) is 10.6 Å². The molecule has 2 aromatic carbocycles. The first-order chi connectivity index (χ1) is 9.56. The largest absolute Gasteiger partial charge is 0.478 e. The summed E-state index contributed by atoms with van der Waals surface area (Å²) in [5, 5.41) is 14.4. The molecule has 3 N–H and O–H groups in total. The average Bonchev–Trinajstić information content (AvgIpc) is 2.42. The Bertz CT molecular complexity index is 641. The number of carboxylic acid groups (broad SMARTS) is 1. The fraction of sp³-hybridized carbons (Fsp3) is 0. The van der Waals surface area contributed by atoms with Gasteiger partial charge in [0, 0.05) is 5.69 Å². The molecule has 0 radical (unpaired) electrons. The van der Waals surface area contributed by atoms with Crippen LogP contribution in [-0.2, 0) is 0 Å². The second-order valence-corrected chi connectivity index (χ2v) is 4.35. The first-order valence-corrected chi connectivity index (χ1v) is 6.10. The molecule has 0 bridgehead atoms. The summed E-state index contributed by atoms with van der Waals surface area (Å²) in [7, 11) is 0. The number of rotatable bonds is 3. The quantitative estimate of drug-likeness (QED) is 0.807. The molecule has 0 atom stereocenters. The topological polar surface area (TPSA) is 78.4 Å². The minimum absolute atomic E-state index is 0.155. The molecule has 0 fully saturated rings. The number of carbonyl (C=O) groups excluding carboxylic acids is 1. The summed E-state index contributed by atoms with van der Waals surface area (Å²) in [6, 6.07) is 12.2. The highest BCUT2D eigenvalue weighted by Crippen LogP contribution is 2.20. The van der Waals surface area contributed by atoms with E-state index in [0.29, 0.717) is 16.4 Å². The van der Waals surface area contributed by atoms with Crippen molar-refractivity contribution in [1.82, 2.24) is 0 Å². The number of amides is 2. The van der Waals surface area contributed by atoms with Crippen molar-refractivity contribution < 1.29 is 14.7 Å². The smallest absolute Gasteiger partial charge is 0.335 e. The van der Waals surface area contributed by atoms with E-state index in [1.807, 2.05) is 0 Å². The number of hydrogen-bond acceptors (Lipinski definition) is 2. The standard InChI is InChI=1S/C14H11ClN2O3/c15-11-3-1-2-4-12(11)17-14(20)16-10-7-5-9(6-8-10)13(18)19/h1-8H,(H,18,19)(H2,16,17,20). The molecule has 0 heterocycles. The summed E-state index contributed by atoms with van der Waals surface area (Å²) in [6.45, 7) is 0. The van der Waals surface area contributed by atoms with E-state index in [-0.39, 0.29) is 5.56 Å². The molecule has 0 spiro atoms. The predicted octanol–water partition coefficient (Wildman–Crippen LogP) is 3.68. The van der Waals surface area contributed by atoms with Crippen LogP contribution in [0.2, 0.25) is 5.02 Å². The Morgan fingerprint density at radius 3 is 2.20 bits per heavy atom. The summed E-state index contributed by atoms with van der Waals surface area (Å²) in [6.07, 6.45) is 0. The van der Waals surface area contributed by atoms with Gasteiger partial charge in [-0.3, -0.25) is 0 Å². The van der Waals surface area contributed by atoms with Crippen molar-refractivity contribution in [3.63, 3.8) is 0 Å². The number of anilines is 2. The van der Waals surface area contributed by atoms with E-state index in [9.17, 15) is 9.59 Å². The Morgan fingerprint density at radius 2 is 1.60 bits per heavy atom. The van der Waals surface area contributed by atoms with Crippen LogP contribution in [0.3, 0.4) is 0 Å². The molecule has 0 aliphatic rings. The summed E-state index contributed by atoms with van der Waals surface area (Å²) < 4.78 is 0. The molecule has 2 aromatic rings. The van der Waals surface area contributed by atoms with Gasteiger partial charge in [-0.15, -0.1) is 0 Å². The van der Waals surface area contributed by atoms with Gasteiger partial charge in [-0.1, -0.05) is 23.7 Å². The zero-order valence-electron chi connectivity index (χ0n) is 10.3. The highest BCUT2D eigenvalue weighted by Gasteiger charge is 2.06. The SMILES string of the molecule is O=C(Nc1ccc(C(=O)O)cc1)Nc1ccccc1Cl. The van der Waals surface area contributed by atoms with Gasteiger partial charge >= 0.3 is 12.0 Å². The Kier molecular flexibility index (Phi) is 4.22. The fourth-order valence-electron chi connectivity index (χ4n) is 1.54. The van der Waals surface area contributed by atoms with Crippen LogP contribution in [-0.4, -0.2) is 17.1 Å². The van der Waals surface area contributed by atoms with Gasteiger partial charge in [-0.25, -0.2) is 9.59 Å². The highest BCUT2D eigenvalue weighted by atomic mass is 35.5. The second-order valence-electron chi connectivity index (χ2n) is 3.94. The van der Waals surface area contributed by atoms with Crippen molar-refractivity contribution in [2.75, 3.05) is 10.6 Å². The third kappa shape index (κ3) is 3.49. The molecule has 0 aliphatic heterocycles. The molecule has 0 saturated carbocycles.